The van der Waals surface area contributed by atoms with E-state index in [-0.39, 0.29) is 18.2 Å². The van der Waals surface area contributed by atoms with Gasteiger partial charge in [-0.25, -0.2) is 4.79 Å². The van der Waals surface area contributed by atoms with E-state index in [4.69, 9.17) is 10.5 Å². The number of hydrogen-bond donors (Lipinski definition) is 2. The van der Waals surface area contributed by atoms with Gasteiger partial charge in [-0.2, -0.15) is 0 Å². The molecule has 0 rings (SSSR count). The molecule has 0 fully saturated rings. The van der Waals surface area contributed by atoms with Crippen molar-refractivity contribution in [2.24, 2.45) is 5.73 Å². The fourth-order valence-corrected chi connectivity index (χ4v) is 1.35. The molecule has 0 radical (unpaired) electrons. The molecule has 0 bridgehead atoms. The largest absolute Gasteiger partial charge is 0.453 e. The first-order valence-corrected chi connectivity index (χ1v) is 6.43. The molecule has 1 unspecified atom stereocenters. The van der Waals surface area contributed by atoms with Crippen LogP contribution in [-0.2, 0) is 4.74 Å². The maximum atomic E-state index is 11.4. The zero-order valence-corrected chi connectivity index (χ0v) is 12.2. The van der Waals surface area contributed by atoms with Crippen molar-refractivity contribution in [3.63, 3.8) is 0 Å². The van der Waals surface area contributed by atoms with Crippen molar-refractivity contribution in [2.75, 3.05) is 20.2 Å². The van der Waals surface area contributed by atoms with E-state index in [1.165, 1.54) is 7.11 Å². The first-order valence-electron chi connectivity index (χ1n) is 6.43. The lowest BCUT2D eigenvalue weighted by Gasteiger charge is -2.21. The van der Waals surface area contributed by atoms with Gasteiger partial charge in [-0.05, 0) is 45.9 Å². The van der Waals surface area contributed by atoms with Gasteiger partial charge in [-0.1, -0.05) is 0 Å². The molecule has 106 valence electrons. The van der Waals surface area contributed by atoms with E-state index in [1.54, 1.807) is 4.90 Å². The highest BCUT2D eigenvalue weighted by molar-refractivity contribution is 5.67. The van der Waals surface area contributed by atoms with Gasteiger partial charge < -0.3 is 20.7 Å². The SMILES string of the molecule is CCN(CC[C@@H](C)N/C=C(\C)C(C)N)C(=O)OC. The number of ether oxygens (including phenoxy) is 1. The topological polar surface area (TPSA) is 67.6 Å². The van der Waals surface area contributed by atoms with Gasteiger partial charge in [0.2, 0.25) is 0 Å². The number of hydrogen-bond acceptors (Lipinski definition) is 4. The number of carbonyl (C=O) groups is 1. The van der Waals surface area contributed by atoms with Crippen LogP contribution in [0.5, 0.6) is 0 Å². The number of methoxy groups -OCH3 is 1. The average molecular weight is 257 g/mol. The molecule has 5 nitrogen and oxygen atoms in total. The van der Waals surface area contributed by atoms with Crippen LogP contribution in [0.1, 0.15) is 34.1 Å². The molecule has 0 spiro atoms. The van der Waals surface area contributed by atoms with Crippen LogP contribution in [0.4, 0.5) is 4.79 Å². The molecular weight excluding hydrogens is 230 g/mol. The van der Waals surface area contributed by atoms with E-state index < -0.39 is 0 Å². The predicted octanol–water partition coefficient (Wildman–Crippen LogP) is 1.69. The van der Waals surface area contributed by atoms with Crippen LogP contribution in [0.3, 0.4) is 0 Å². The van der Waals surface area contributed by atoms with E-state index in [2.05, 4.69) is 12.2 Å². The average Bonchev–Trinajstić information content (AvgIpc) is 2.35. The molecule has 0 aromatic carbocycles. The number of amides is 1. The maximum Gasteiger partial charge on any atom is 0.409 e. The molecular formula is C13H27N3O2. The van der Waals surface area contributed by atoms with E-state index in [0.717, 1.165) is 12.0 Å². The van der Waals surface area contributed by atoms with Gasteiger partial charge in [0, 0.05) is 25.2 Å². The van der Waals surface area contributed by atoms with Crippen LogP contribution in [0.2, 0.25) is 0 Å². The maximum absolute atomic E-state index is 11.4. The second-order valence-electron chi connectivity index (χ2n) is 4.58. The van der Waals surface area contributed by atoms with Gasteiger partial charge in [0.05, 0.1) is 7.11 Å². The summed E-state index contributed by atoms with van der Waals surface area (Å²) in [6.45, 7) is 9.31. The van der Waals surface area contributed by atoms with Crippen LogP contribution in [0, 0.1) is 0 Å². The lowest BCUT2D eigenvalue weighted by Crippen LogP contribution is -2.35. The Bertz CT molecular complexity index is 277. The molecule has 2 atom stereocenters. The molecule has 1 amide bonds. The fourth-order valence-electron chi connectivity index (χ4n) is 1.35. The highest BCUT2D eigenvalue weighted by atomic mass is 16.5. The van der Waals surface area contributed by atoms with Crippen molar-refractivity contribution in [2.45, 2.75) is 46.2 Å². The molecule has 18 heavy (non-hydrogen) atoms. The number of nitrogens with zero attached hydrogens (tertiary/aromatic N) is 1. The van der Waals surface area contributed by atoms with Crippen molar-refractivity contribution in [1.82, 2.24) is 10.2 Å². The van der Waals surface area contributed by atoms with Crippen LogP contribution < -0.4 is 11.1 Å². The summed E-state index contributed by atoms with van der Waals surface area (Å²) < 4.78 is 4.70. The molecule has 0 saturated heterocycles. The molecule has 5 heteroatoms. The molecule has 0 aliphatic rings. The third-order valence-corrected chi connectivity index (χ3v) is 2.96. The number of rotatable bonds is 7. The van der Waals surface area contributed by atoms with Crippen molar-refractivity contribution >= 4 is 6.09 Å². The smallest absolute Gasteiger partial charge is 0.409 e. The van der Waals surface area contributed by atoms with Crippen LogP contribution in [0.15, 0.2) is 11.8 Å². The third kappa shape index (κ3) is 6.49. The van der Waals surface area contributed by atoms with Crippen molar-refractivity contribution in [3.8, 4) is 0 Å². The second kappa shape index (κ2) is 8.80. The van der Waals surface area contributed by atoms with Crippen LogP contribution in [0.25, 0.3) is 0 Å². The van der Waals surface area contributed by atoms with Crippen molar-refractivity contribution in [1.29, 1.82) is 0 Å². The Morgan fingerprint density at radius 3 is 2.56 bits per heavy atom. The van der Waals surface area contributed by atoms with Crippen LogP contribution in [-0.4, -0.2) is 43.3 Å². The molecule has 3 N–H and O–H groups in total. The Balaban J connectivity index is 4.06. The molecule has 0 aliphatic heterocycles. The summed E-state index contributed by atoms with van der Waals surface area (Å²) in [4.78, 5) is 13.0. The highest BCUT2D eigenvalue weighted by Crippen LogP contribution is 2.00. The minimum Gasteiger partial charge on any atom is -0.453 e. The standard InChI is InChI=1S/C13H27N3O2/c1-6-16(13(17)18-5)8-7-11(3)15-9-10(2)12(4)14/h9,11-12,15H,6-8,14H2,1-5H3/b10-9+/t11-,12?/m1/s1. The summed E-state index contributed by atoms with van der Waals surface area (Å²) in [6, 6.07) is 0.351. The summed E-state index contributed by atoms with van der Waals surface area (Å²) in [5.74, 6) is 0. The quantitative estimate of drug-likeness (QED) is 0.728. The Morgan fingerprint density at radius 2 is 2.11 bits per heavy atom. The van der Waals surface area contributed by atoms with E-state index >= 15 is 0 Å². The number of nitrogens with two attached hydrogens (primary N) is 1. The van der Waals surface area contributed by atoms with Gasteiger partial charge >= 0.3 is 6.09 Å². The van der Waals surface area contributed by atoms with E-state index in [9.17, 15) is 4.79 Å². The minimum atomic E-state index is -0.271. The zero-order chi connectivity index (χ0) is 14.1. The Morgan fingerprint density at radius 1 is 1.50 bits per heavy atom. The highest BCUT2D eigenvalue weighted by Gasteiger charge is 2.12. The lowest BCUT2D eigenvalue weighted by atomic mass is 10.1. The minimum absolute atomic E-state index is 0.0620. The summed E-state index contributed by atoms with van der Waals surface area (Å²) in [6.07, 6.45) is 2.54. The molecule has 0 aromatic heterocycles. The van der Waals surface area contributed by atoms with Gasteiger partial charge in [-0.3, -0.25) is 0 Å². The van der Waals surface area contributed by atoms with Crippen molar-refractivity contribution in [3.05, 3.63) is 11.8 Å². The summed E-state index contributed by atoms with van der Waals surface area (Å²) in [5, 5.41) is 3.28. The monoisotopic (exact) mass is 257 g/mol. The van der Waals surface area contributed by atoms with Gasteiger partial charge in [0.1, 0.15) is 0 Å². The number of carbonyl (C=O) groups excluding carboxylic acids is 1. The Hall–Kier alpha value is -1.23. The van der Waals surface area contributed by atoms with Gasteiger partial charge in [-0.15, -0.1) is 0 Å². The molecule has 0 heterocycles. The molecule has 0 aliphatic carbocycles. The lowest BCUT2D eigenvalue weighted by molar-refractivity contribution is 0.124. The van der Waals surface area contributed by atoms with E-state index in [0.29, 0.717) is 13.1 Å². The molecule has 0 aromatic rings. The summed E-state index contributed by atoms with van der Waals surface area (Å²) in [7, 11) is 1.40. The zero-order valence-electron chi connectivity index (χ0n) is 12.2. The first-order chi connectivity index (χ1) is 8.42. The fraction of sp³-hybridized carbons (Fsp3) is 0.769. The van der Waals surface area contributed by atoms with Crippen LogP contribution >= 0.6 is 0 Å². The Labute approximate surface area is 110 Å². The second-order valence-corrected chi connectivity index (χ2v) is 4.58. The first kappa shape index (κ1) is 16.8. The summed E-state index contributed by atoms with van der Waals surface area (Å²) in [5.41, 5.74) is 6.86. The Kier molecular flexibility index (Phi) is 8.20. The predicted molar refractivity (Wildman–Crippen MR) is 74.3 cm³/mol. The molecule has 0 saturated carbocycles. The normalized spacial score (nSPS) is 14.9. The van der Waals surface area contributed by atoms with Crippen molar-refractivity contribution < 1.29 is 9.53 Å². The number of nitrogens with one attached hydrogen (secondary N) is 1. The summed E-state index contributed by atoms with van der Waals surface area (Å²) >= 11 is 0. The van der Waals surface area contributed by atoms with E-state index in [1.807, 2.05) is 27.0 Å². The third-order valence-electron chi connectivity index (χ3n) is 2.96. The van der Waals surface area contributed by atoms with Gasteiger partial charge in [0.25, 0.3) is 0 Å². The van der Waals surface area contributed by atoms with Gasteiger partial charge in [0.15, 0.2) is 0 Å².